The quantitative estimate of drug-likeness (QED) is 0.427. The fourth-order valence-electron chi connectivity index (χ4n) is 2.53. The molecule has 0 saturated heterocycles. The lowest BCUT2D eigenvalue weighted by molar-refractivity contribution is -0.111. The Morgan fingerprint density at radius 2 is 2.10 bits per heavy atom. The maximum atomic E-state index is 12.2. The summed E-state index contributed by atoms with van der Waals surface area (Å²) in [5.74, 6) is 0.468. The van der Waals surface area contributed by atoms with Crippen molar-refractivity contribution in [3.05, 3.63) is 70.4 Å². The highest BCUT2D eigenvalue weighted by Gasteiger charge is 2.12. The van der Waals surface area contributed by atoms with Crippen molar-refractivity contribution in [2.24, 2.45) is 0 Å². The Balaban J connectivity index is 1.61. The number of anilines is 1. The van der Waals surface area contributed by atoms with Crippen LogP contribution in [-0.2, 0) is 16.1 Å². The highest BCUT2D eigenvalue weighted by molar-refractivity contribution is 9.10. The Morgan fingerprint density at radius 1 is 1.28 bits per heavy atom. The van der Waals surface area contributed by atoms with E-state index in [1.54, 1.807) is 30.1 Å². The molecule has 3 rings (SSSR count). The highest BCUT2D eigenvalue weighted by atomic mass is 79.9. The topological polar surface area (TPSA) is 95.6 Å². The van der Waals surface area contributed by atoms with E-state index in [0.717, 1.165) is 10.0 Å². The predicted molar refractivity (Wildman–Crippen MR) is 110 cm³/mol. The SMILES string of the molecule is COC(=O)c1ccc(Cn2cc(NC(=O)C=Cc3cc(Br)ccc3OC)cn2)o1. The van der Waals surface area contributed by atoms with E-state index in [1.807, 2.05) is 18.2 Å². The van der Waals surface area contributed by atoms with E-state index in [-0.39, 0.29) is 11.7 Å². The fourth-order valence-corrected chi connectivity index (χ4v) is 2.91. The summed E-state index contributed by atoms with van der Waals surface area (Å²) in [6.45, 7) is 0.304. The van der Waals surface area contributed by atoms with Crippen molar-refractivity contribution in [2.75, 3.05) is 19.5 Å². The molecule has 0 saturated carbocycles. The molecule has 0 unspecified atom stereocenters. The van der Waals surface area contributed by atoms with Crippen molar-refractivity contribution in [3.8, 4) is 5.75 Å². The number of nitrogens with one attached hydrogen (secondary N) is 1. The molecule has 150 valence electrons. The first kappa shape index (κ1) is 20.4. The third-order valence-corrected chi connectivity index (χ3v) is 4.37. The van der Waals surface area contributed by atoms with Gasteiger partial charge >= 0.3 is 5.97 Å². The fraction of sp³-hybridized carbons (Fsp3) is 0.150. The van der Waals surface area contributed by atoms with Crippen molar-refractivity contribution < 1.29 is 23.5 Å². The van der Waals surface area contributed by atoms with Crippen molar-refractivity contribution in [2.45, 2.75) is 6.54 Å². The van der Waals surface area contributed by atoms with Crippen LogP contribution in [0.3, 0.4) is 0 Å². The number of furan rings is 1. The van der Waals surface area contributed by atoms with Gasteiger partial charge in [0.15, 0.2) is 0 Å². The molecule has 0 fully saturated rings. The second kappa shape index (κ2) is 9.24. The van der Waals surface area contributed by atoms with Crippen LogP contribution in [-0.4, -0.2) is 35.9 Å². The van der Waals surface area contributed by atoms with Gasteiger partial charge in [0.25, 0.3) is 0 Å². The number of aromatic nitrogens is 2. The average Bonchev–Trinajstić information content (AvgIpc) is 3.36. The molecule has 8 nitrogen and oxygen atoms in total. The first-order valence-corrected chi connectivity index (χ1v) is 9.30. The molecule has 0 aliphatic rings. The zero-order valence-corrected chi connectivity index (χ0v) is 17.3. The number of esters is 1. The molecule has 0 bridgehead atoms. The number of nitrogens with zero attached hydrogens (tertiary/aromatic N) is 2. The highest BCUT2D eigenvalue weighted by Crippen LogP contribution is 2.24. The van der Waals surface area contributed by atoms with E-state index < -0.39 is 5.97 Å². The Hall–Kier alpha value is -3.33. The maximum absolute atomic E-state index is 12.2. The molecule has 29 heavy (non-hydrogen) atoms. The molecule has 2 aromatic heterocycles. The van der Waals surface area contributed by atoms with Crippen LogP contribution in [0.4, 0.5) is 5.69 Å². The van der Waals surface area contributed by atoms with Gasteiger partial charge in [-0.25, -0.2) is 4.79 Å². The Morgan fingerprint density at radius 3 is 2.86 bits per heavy atom. The van der Waals surface area contributed by atoms with E-state index >= 15 is 0 Å². The van der Waals surface area contributed by atoms with Gasteiger partial charge < -0.3 is 19.2 Å². The molecule has 1 N–H and O–H groups in total. The van der Waals surface area contributed by atoms with Gasteiger partial charge in [-0.05, 0) is 36.4 Å². The van der Waals surface area contributed by atoms with Crippen LogP contribution in [0.1, 0.15) is 21.9 Å². The normalized spacial score (nSPS) is 10.9. The van der Waals surface area contributed by atoms with E-state index in [4.69, 9.17) is 9.15 Å². The number of rotatable bonds is 7. The minimum atomic E-state index is -0.543. The smallest absolute Gasteiger partial charge is 0.373 e. The Kier molecular flexibility index (Phi) is 6.50. The van der Waals surface area contributed by atoms with Crippen LogP contribution >= 0.6 is 15.9 Å². The number of methoxy groups -OCH3 is 2. The van der Waals surface area contributed by atoms with Crippen molar-refractivity contribution in [1.29, 1.82) is 0 Å². The zero-order valence-electron chi connectivity index (χ0n) is 15.7. The number of benzene rings is 1. The molecule has 3 aromatic rings. The largest absolute Gasteiger partial charge is 0.496 e. The number of carbonyl (C=O) groups excluding carboxylic acids is 2. The van der Waals surface area contributed by atoms with E-state index in [9.17, 15) is 9.59 Å². The van der Waals surface area contributed by atoms with Gasteiger partial charge in [-0.3, -0.25) is 9.48 Å². The molecule has 0 aliphatic carbocycles. The average molecular weight is 460 g/mol. The van der Waals surface area contributed by atoms with E-state index in [1.165, 1.54) is 25.4 Å². The van der Waals surface area contributed by atoms with Crippen LogP contribution in [0.5, 0.6) is 5.75 Å². The Labute approximate surface area is 175 Å². The molecule has 0 radical (unpaired) electrons. The number of amides is 1. The molecule has 1 amide bonds. The monoisotopic (exact) mass is 459 g/mol. The van der Waals surface area contributed by atoms with Crippen LogP contribution in [0, 0.1) is 0 Å². The van der Waals surface area contributed by atoms with E-state index in [0.29, 0.717) is 23.7 Å². The van der Waals surface area contributed by atoms with Gasteiger partial charge in [0.2, 0.25) is 11.7 Å². The minimum absolute atomic E-state index is 0.122. The molecule has 0 spiro atoms. The molecular weight excluding hydrogens is 442 g/mol. The number of halogens is 1. The van der Waals surface area contributed by atoms with Crippen LogP contribution in [0.15, 0.2) is 57.7 Å². The van der Waals surface area contributed by atoms with Crippen molar-refractivity contribution in [1.82, 2.24) is 9.78 Å². The minimum Gasteiger partial charge on any atom is -0.496 e. The first-order valence-electron chi connectivity index (χ1n) is 8.50. The van der Waals surface area contributed by atoms with Crippen molar-refractivity contribution in [3.63, 3.8) is 0 Å². The van der Waals surface area contributed by atoms with Gasteiger partial charge in [0.05, 0.1) is 32.6 Å². The van der Waals surface area contributed by atoms with Gasteiger partial charge in [0.1, 0.15) is 11.5 Å². The molecule has 1 aromatic carbocycles. The number of hydrogen-bond acceptors (Lipinski definition) is 6. The second-order valence-electron chi connectivity index (χ2n) is 5.89. The number of ether oxygens (including phenoxy) is 2. The molecule has 9 heteroatoms. The Bertz CT molecular complexity index is 1050. The molecule has 0 aliphatic heterocycles. The lowest BCUT2D eigenvalue weighted by Gasteiger charge is -2.05. The van der Waals surface area contributed by atoms with Gasteiger partial charge in [0, 0.05) is 22.3 Å². The van der Waals surface area contributed by atoms with Crippen LogP contribution in [0.2, 0.25) is 0 Å². The number of hydrogen-bond donors (Lipinski definition) is 1. The molecule has 0 atom stereocenters. The third kappa shape index (κ3) is 5.35. The number of carbonyl (C=O) groups is 2. The van der Waals surface area contributed by atoms with Gasteiger partial charge in [-0.1, -0.05) is 15.9 Å². The summed E-state index contributed by atoms with van der Waals surface area (Å²) in [5, 5.41) is 6.91. The second-order valence-corrected chi connectivity index (χ2v) is 6.81. The third-order valence-electron chi connectivity index (χ3n) is 3.87. The summed E-state index contributed by atoms with van der Waals surface area (Å²) in [4.78, 5) is 23.6. The van der Waals surface area contributed by atoms with E-state index in [2.05, 4.69) is 31.1 Å². The summed E-state index contributed by atoms with van der Waals surface area (Å²) in [5.41, 5.74) is 1.30. The van der Waals surface area contributed by atoms with Crippen molar-refractivity contribution >= 4 is 39.6 Å². The summed E-state index contributed by atoms with van der Waals surface area (Å²) in [7, 11) is 2.86. The molecular formula is C20H18BrN3O5. The predicted octanol–water partition coefficient (Wildman–Crippen LogP) is 3.73. The maximum Gasteiger partial charge on any atom is 0.373 e. The summed E-state index contributed by atoms with van der Waals surface area (Å²) < 4.78 is 17.7. The zero-order chi connectivity index (χ0) is 20.8. The summed E-state index contributed by atoms with van der Waals surface area (Å²) in [6.07, 6.45) is 6.26. The van der Waals surface area contributed by atoms with Crippen LogP contribution < -0.4 is 10.1 Å². The van der Waals surface area contributed by atoms with Crippen LogP contribution in [0.25, 0.3) is 6.08 Å². The van der Waals surface area contributed by atoms with Gasteiger partial charge in [-0.15, -0.1) is 0 Å². The van der Waals surface area contributed by atoms with Gasteiger partial charge in [-0.2, -0.15) is 5.10 Å². The summed E-state index contributed by atoms with van der Waals surface area (Å²) in [6, 6.07) is 8.73. The standard InChI is InChI=1S/C20H18BrN3O5/c1-27-17-6-4-14(21)9-13(17)3-8-19(25)23-15-10-22-24(11-15)12-16-5-7-18(29-16)20(26)28-2/h3-11H,12H2,1-2H3,(H,23,25). The molecule has 2 heterocycles. The lowest BCUT2D eigenvalue weighted by Crippen LogP contribution is -2.07. The summed E-state index contributed by atoms with van der Waals surface area (Å²) >= 11 is 3.40. The first-order chi connectivity index (χ1) is 14.0. The lowest BCUT2D eigenvalue weighted by atomic mass is 10.2.